The third-order valence-corrected chi connectivity index (χ3v) is 1.85. The van der Waals surface area contributed by atoms with E-state index in [9.17, 15) is 0 Å². The SMILES string of the molecule is COc1ncnc(Oc2cccnc2)c1N. The van der Waals surface area contributed by atoms with Gasteiger partial charge in [0.1, 0.15) is 12.1 Å². The van der Waals surface area contributed by atoms with E-state index in [1.54, 1.807) is 24.5 Å². The molecule has 0 aliphatic carbocycles. The van der Waals surface area contributed by atoms with Gasteiger partial charge in [-0.3, -0.25) is 4.98 Å². The van der Waals surface area contributed by atoms with Gasteiger partial charge < -0.3 is 15.2 Å². The van der Waals surface area contributed by atoms with Crippen molar-refractivity contribution in [3.05, 3.63) is 30.9 Å². The summed E-state index contributed by atoms with van der Waals surface area (Å²) in [5.41, 5.74) is 6.00. The highest BCUT2D eigenvalue weighted by Gasteiger charge is 2.10. The number of nitrogen functional groups attached to an aromatic ring is 1. The lowest BCUT2D eigenvalue weighted by Gasteiger charge is -2.08. The van der Waals surface area contributed by atoms with Crippen molar-refractivity contribution in [3.8, 4) is 17.5 Å². The molecule has 0 aliphatic rings. The largest absolute Gasteiger partial charge is 0.479 e. The van der Waals surface area contributed by atoms with E-state index in [-0.39, 0.29) is 17.4 Å². The molecule has 0 spiro atoms. The van der Waals surface area contributed by atoms with E-state index in [4.69, 9.17) is 15.2 Å². The Morgan fingerprint density at radius 2 is 2.06 bits per heavy atom. The minimum absolute atomic E-state index is 0.250. The van der Waals surface area contributed by atoms with Crippen molar-refractivity contribution in [3.63, 3.8) is 0 Å². The molecule has 2 heterocycles. The van der Waals surface area contributed by atoms with Crippen LogP contribution in [0.5, 0.6) is 17.5 Å². The smallest absolute Gasteiger partial charge is 0.249 e. The molecule has 0 aromatic carbocycles. The van der Waals surface area contributed by atoms with Gasteiger partial charge in [0.25, 0.3) is 0 Å². The predicted molar refractivity (Wildman–Crippen MR) is 57.3 cm³/mol. The second kappa shape index (κ2) is 4.43. The lowest BCUT2D eigenvalue weighted by Crippen LogP contribution is -2.00. The molecule has 0 saturated carbocycles. The monoisotopic (exact) mass is 218 g/mol. The lowest BCUT2D eigenvalue weighted by atomic mass is 10.4. The van der Waals surface area contributed by atoms with E-state index in [2.05, 4.69) is 15.0 Å². The minimum atomic E-state index is 0.250. The molecular formula is C10H10N4O2. The van der Waals surface area contributed by atoms with Gasteiger partial charge in [0.15, 0.2) is 5.69 Å². The van der Waals surface area contributed by atoms with Crippen LogP contribution in [0, 0.1) is 0 Å². The van der Waals surface area contributed by atoms with Crippen LogP contribution in [0.4, 0.5) is 5.69 Å². The van der Waals surface area contributed by atoms with Crippen molar-refractivity contribution >= 4 is 5.69 Å². The van der Waals surface area contributed by atoms with Crippen LogP contribution < -0.4 is 15.2 Å². The highest BCUT2D eigenvalue weighted by Crippen LogP contribution is 2.29. The number of hydrogen-bond donors (Lipinski definition) is 1. The number of nitrogens with two attached hydrogens (primary N) is 1. The van der Waals surface area contributed by atoms with Crippen LogP contribution in [0.15, 0.2) is 30.9 Å². The maximum absolute atomic E-state index is 5.75. The zero-order chi connectivity index (χ0) is 11.4. The molecule has 2 aromatic rings. The first-order chi connectivity index (χ1) is 7.81. The number of pyridine rings is 1. The van der Waals surface area contributed by atoms with Crippen LogP contribution in [0.1, 0.15) is 0 Å². The molecule has 2 N–H and O–H groups in total. The molecule has 0 unspecified atom stereocenters. The molecule has 0 amide bonds. The van der Waals surface area contributed by atoms with Gasteiger partial charge in [0.05, 0.1) is 13.3 Å². The zero-order valence-corrected chi connectivity index (χ0v) is 8.62. The summed E-state index contributed by atoms with van der Waals surface area (Å²) in [6.07, 6.45) is 4.53. The Morgan fingerprint density at radius 3 is 2.75 bits per heavy atom. The van der Waals surface area contributed by atoms with Gasteiger partial charge in [-0.1, -0.05) is 0 Å². The number of ether oxygens (including phenoxy) is 2. The van der Waals surface area contributed by atoms with Crippen molar-refractivity contribution in [2.24, 2.45) is 0 Å². The Hall–Kier alpha value is -2.37. The Morgan fingerprint density at radius 1 is 1.25 bits per heavy atom. The molecule has 0 fully saturated rings. The average molecular weight is 218 g/mol. The molecule has 6 heteroatoms. The first kappa shape index (κ1) is 10.2. The Kier molecular flexibility index (Phi) is 2.81. The Bertz CT molecular complexity index is 476. The van der Waals surface area contributed by atoms with Gasteiger partial charge in [-0.2, -0.15) is 9.97 Å². The van der Waals surface area contributed by atoms with Crippen molar-refractivity contribution < 1.29 is 9.47 Å². The summed E-state index contributed by atoms with van der Waals surface area (Å²) >= 11 is 0. The van der Waals surface area contributed by atoms with Gasteiger partial charge in [-0.05, 0) is 12.1 Å². The predicted octanol–water partition coefficient (Wildman–Crippen LogP) is 1.25. The van der Waals surface area contributed by atoms with Crippen molar-refractivity contribution in [2.45, 2.75) is 0 Å². The summed E-state index contributed by atoms with van der Waals surface area (Å²) in [5, 5.41) is 0. The van der Waals surface area contributed by atoms with Gasteiger partial charge in [-0.25, -0.2) is 0 Å². The number of nitrogens with zero attached hydrogens (tertiary/aromatic N) is 3. The second-order valence-electron chi connectivity index (χ2n) is 2.89. The van der Waals surface area contributed by atoms with Crippen LogP contribution in [0.3, 0.4) is 0 Å². The molecule has 82 valence electrons. The minimum Gasteiger partial charge on any atom is -0.479 e. The third kappa shape index (κ3) is 2.00. The van der Waals surface area contributed by atoms with Crippen molar-refractivity contribution in [1.29, 1.82) is 0 Å². The second-order valence-corrected chi connectivity index (χ2v) is 2.89. The van der Waals surface area contributed by atoms with Crippen LogP contribution in [0.2, 0.25) is 0 Å². The van der Waals surface area contributed by atoms with Gasteiger partial charge in [0.2, 0.25) is 11.8 Å². The fourth-order valence-corrected chi connectivity index (χ4v) is 1.13. The van der Waals surface area contributed by atoms with Crippen LogP contribution in [-0.4, -0.2) is 22.1 Å². The molecular weight excluding hydrogens is 208 g/mol. The zero-order valence-electron chi connectivity index (χ0n) is 8.62. The molecule has 2 aromatic heterocycles. The summed E-state index contributed by atoms with van der Waals surface area (Å²) in [6, 6.07) is 3.50. The van der Waals surface area contributed by atoms with Gasteiger partial charge >= 0.3 is 0 Å². The number of rotatable bonds is 3. The van der Waals surface area contributed by atoms with Crippen LogP contribution in [-0.2, 0) is 0 Å². The van der Waals surface area contributed by atoms with Crippen molar-refractivity contribution in [1.82, 2.24) is 15.0 Å². The van der Waals surface area contributed by atoms with E-state index >= 15 is 0 Å². The van der Waals surface area contributed by atoms with E-state index in [1.807, 2.05) is 0 Å². The van der Waals surface area contributed by atoms with Crippen LogP contribution >= 0.6 is 0 Å². The molecule has 0 radical (unpaired) electrons. The van der Waals surface area contributed by atoms with Gasteiger partial charge in [-0.15, -0.1) is 0 Å². The van der Waals surface area contributed by atoms with E-state index < -0.39 is 0 Å². The Labute approximate surface area is 92.1 Å². The molecule has 2 rings (SSSR count). The maximum atomic E-state index is 5.75. The van der Waals surface area contributed by atoms with E-state index in [1.165, 1.54) is 13.4 Å². The molecule has 6 nitrogen and oxygen atoms in total. The summed E-state index contributed by atoms with van der Waals surface area (Å²) < 4.78 is 10.4. The Balaban J connectivity index is 2.28. The summed E-state index contributed by atoms with van der Waals surface area (Å²) in [6.45, 7) is 0. The number of hydrogen-bond acceptors (Lipinski definition) is 6. The lowest BCUT2D eigenvalue weighted by molar-refractivity contribution is 0.391. The molecule has 0 aliphatic heterocycles. The fraction of sp³-hybridized carbons (Fsp3) is 0.100. The average Bonchev–Trinajstić information content (AvgIpc) is 2.33. The van der Waals surface area contributed by atoms with Crippen molar-refractivity contribution in [2.75, 3.05) is 12.8 Å². The molecule has 0 bridgehead atoms. The quantitative estimate of drug-likeness (QED) is 0.834. The molecule has 0 atom stereocenters. The summed E-state index contributed by atoms with van der Waals surface area (Å²) in [7, 11) is 1.48. The highest BCUT2D eigenvalue weighted by molar-refractivity contribution is 5.56. The molecule has 16 heavy (non-hydrogen) atoms. The fourth-order valence-electron chi connectivity index (χ4n) is 1.13. The maximum Gasteiger partial charge on any atom is 0.249 e. The summed E-state index contributed by atoms with van der Waals surface area (Å²) in [4.78, 5) is 11.7. The third-order valence-electron chi connectivity index (χ3n) is 1.85. The van der Waals surface area contributed by atoms with Gasteiger partial charge in [0, 0.05) is 6.20 Å². The number of aromatic nitrogens is 3. The molecule has 0 saturated heterocycles. The standard InChI is InChI=1S/C10H10N4O2/c1-15-9-8(11)10(14-6-13-9)16-7-3-2-4-12-5-7/h2-6H,11H2,1H3. The number of anilines is 1. The highest BCUT2D eigenvalue weighted by atomic mass is 16.5. The number of methoxy groups -OCH3 is 1. The van der Waals surface area contributed by atoms with E-state index in [0.717, 1.165) is 0 Å². The summed E-state index contributed by atoms with van der Waals surface area (Å²) in [5.74, 6) is 1.09. The normalized spacial score (nSPS) is 9.81. The topological polar surface area (TPSA) is 83.2 Å². The first-order valence-corrected chi connectivity index (χ1v) is 4.53. The van der Waals surface area contributed by atoms with Crippen LogP contribution in [0.25, 0.3) is 0 Å². The first-order valence-electron chi connectivity index (χ1n) is 4.53. The van der Waals surface area contributed by atoms with E-state index in [0.29, 0.717) is 5.75 Å².